The third-order valence-electron chi connectivity index (χ3n) is 2.21. The summed E-state index contributed by atoms with van der Waals surface area (Å²) in [5.74, 6) is 1.01. The van der Waals surface area contributed by atoms with Crippen molar-refractivity contribution in [3.8, 4) is 0 Å². The van der Waals surface area contributed by atoms with Crippen LogP contribution in [0.4, 0.5) is 0 Å². The van der Waals surface area contributed by atoms with Crippen LogP contribution in [0.3, 0.4) is 0 Å². The molecule has 1 aliphatic carbocycles. The third kappa shape index (κ3) is 3.27. The van der Waals surface area contributed by atoms with Crippen molar-refractivity contribution in [3.05, 3.63) is 12.2 Å². The molecule has 2 atom stereocenters. The molecule has 0 aliphatic heterocycles. The minimum atomic E-state index is 0.00949. The van der Waals surface area contributed by atoms with E-state index in [4.69, 9.17) is 11.5 Å². The highest BCUT2D eigenvalue weighted by atomic mass is 15.3. The Morgan fingerprint density at radius 3 is 2.92 bits per heavy atom. The van der Waals surface area contributed by atoms with E-state index in [1.807, 2.05) is 6.21 Å². The van der Waals surface area contributed by atoms with Crippen molar-refractivity contribution in [1.29, 1.82) is 0 Å². The fraction of sp³-hybridized carbons (Fsp3) is 0.556. The van der Waals surface area contributed by atoms with Crippen LogP contribution in [0, 0.1) is 11.8 Å². The second-order valence-corrected chi connectivity index (χ2v) is 3.32. The monoisotopic (exact) mass is 180 g/mol. The van der Waals surface area contributed by atoms with Crippen LogP contribution in [0.1, 0.15) is 19.8 Å². The van der Waals surface area contributed by atoms with Gasteiger partial charge in [-0.3, -0.25) is 0 Å². The molecule has 4 heteroatoms. The maximum Gasteiger partial charge on any atom is 0.211 e. The maximum atomic E-state index is 5.14. The van der Waals surface area contributed by atoms with E-state index in [9.17, 15) is 0 Å². The molecule has 0 saturated carbocycles. The van der Waals surface area contributed by atoms with Gasteiger partial charge < -0.3 is 11.5 Å². The number of nitrogens with two attached hydrogens (primary N) is 2. The molecule has 1 aliphatic rings. The zero-order valence-corrected chi connectivity index (χ0v) is 7.85. The molecule has 0 aromatic rings. The first-order valence-corrected chi connectivity index (χ1v) is 4.49. The number of rotatable bonds is 2. The summed E-state index contributed by atoms with van der Waals surface area (Å²) in [4.78, 5) is 0. The van der Waals surface area contributed by atoms with Gasteiger partial charge in [0, 0.05) is 12.1 Å². The Morgan fingerprint density at radius 1 is 1.54 bits per heavy atom. The van der Waals surface area contributed by atoms with Gasteiger partial charge in [0.1, 0.15) is 0 Å². The Morgan fingerprint density at radius 2 is 2.31 bits per heavy atom. The third-order valence-corrected chi connectivity index (χ3v) is 2.21. The molecule has 4 N–H and O–H groups in total. The Balaban J connectivity index is 2.49. The molecule has 4 nitrogen and oxygen atoms in total. The van der Waals surface area contributed by atoms with Crippen LogP contribution in [0.2, 0.25) is 0 Å². The van der Waals surface area contributed by atoms with Gasteiger partial charge in [0.05, 0.1) is 0 Å². The molecule has 0 amide bonds. The van der Waals surface area contributed by atoms with E-state index in [0.717, 1.165) is 12.8 Å². The Bertz CT molecular complexity index is 238. The van der Waals surface area contributed by atoms with Gasteiger partial charge in [0.25, 0.3) is 0 Å². The lowest BCUT2D eigenvalue weighted by Gasteiger charge is -2.19. The summed E-state index contributed by atoms with van der Waals surface area (Å²) in [5.41, 5.74) is 10.3. The summed E-state index contributed by atoms with van der Waals surface area (Å²) in [5, 5.41) is 7.39. The Kier molecular flexibility index (Phi) is 3.49. The summed E-state index contributed by atoms with van der Waals surface area (Å²) in [6.07, 6.45) is 8.48. The number of hydrogen-bond donors (Lipinski definition) is 2. The van der Waals surface area contributed by atoms with Gasteiger partial charge >= 0.3 is 0 Å². The number of hydrogen-bond acceptors (Lipinski definition) is 2. The summed E-state index contributed by atoms with van der Waals surface area (Å²) in [7, 11) is 0. The average Bonchev–Trinajstić information content (AvgIpc) is 2.08. The van der Waals surface area contributed by atoms with Gasteiger partial charge in [-0.2, -0.15) is 5.10 Å². The molecule has 72 valence electrons. The molecular weight excluding hydrogens is 164 g/mol. The minimum absolute atomic E-state index is 0.00949. The summed E-state index contributed by atoms with van der Waals surface area (Å²) < 4.78 is 0. The molecular formula is C9H16N4. The highest BCUT2D eigenvalue weighted by Gasteiger charge is 2.14. The highest BCUT2D eigenvalue weighted by Crippen LogP contribution is 2.22. The average molecular weight is 180 g/mol. The largest absolute Gasteiger partial charge is 0.369 e. The molecule has 0 bridgehead atoms. The normalized spacial score (nSPS) is 27.8. The Hall–Kier alpha value is -1.32. The van der Waals surface area contributed by atoms with E-state index >= 15 is 0 Å². The fourth-order valence-corrected chi connectivity index (χ4v) is 1.40. The molecule has 13 heavy (non-hydrogen) atoms. The lowest BCUT2D eigenvalue weighted by molar-refractivity contribution is 0.495. The van der Waals surface area contributed by atoms with Crippen LogP contribution in [-0.2, 0) is 0 Å². The van der Waals surface area contributed by atoms with E-state index in [-0.39, 0.29) is 5.96 Å². The lowest BCUT2D eigenvalue weighted by atomic mass is 9.86. The standard InChI is InChI=1S/C9H16N4/c1-7-4-2-3-5-8(7)6-12-13-9(10)11/h2,4,6-8H,3,5H2,1H3,(H4,10,11,13)/b12-6+. The predicted octanol–water partition coefficient (Wildman–Crippen LogP) is 0.848. The molecule has 2 unspecified atom stereocenters. The SMILES string of the molecule is CC1C=CCCC1/C=N/N=C(N)N. The summed E-state index contributed by atoms with van der Waals surface area (Å²) in [6, 6.07) is 0. The smallest absolute Gasteiger partial charge is 0.211 e. The first-order chi connectivity index (χ1) is 6.20. The van der Waals surface area contributed by atoms with E-state index in [0.29, 0.717) is 11.8 Å². The molecule has 0 spiro atoms. The first kappa shape index (κ1) is 9.77. The van der Waals surface area contributed by atoms with Gasteiger partial charge in [-0.1, -0.05) is 19.1 Å². The van der Waals surface area contributed by atoms with E-state index < -0.39 is 0 Å². The van der Waals surface area contributed by atoms with Crippen molar-refractivity contribution < 1.29 is 0 Å². The van der Waals surface area contributed by atoms with Crippen LogP contribution < -0.4 is 11.5 Å². The van der Waals surface area contributed by atoms with Crippen molar-refractivity contribution in [1.82, 2.24) is 0 Å². The lowest BCUT2D eigenvalue weighted by Crippen LogP contribution is -2.22. The molecule has 1 rings (SSSR count). The molecule has 0 heterocycles. The zero-order valence-electron chi connectivity index (χ0n) is 7.85. The van der Waals surface area contributed by atoms with E-state index in [1.54, 1.807) is 0 Å². The van der Waals surface area contributed by atoms with E-state index in [1.165, 1.54) is 0 Å². The van der Waals surface area contributed by atoms with Crippen molar-refractivity contribution in [2.24, 2.45) is 33.5 Å². The van der Waals surface area contributed by atoms with Crippen molar-refractivity contribution in [2.75, 3.05) is 0 Å². The van der Waals surface area contributed by atoms with Crippen molar-refractivity contribution >= 4 is 12.2 Å². The van der Waals surface area contributed by atoms with Crippen LogP contribution in [0.15, 0.2) is 22.4 Å². The maximum absolute atomic E-state index is 5.14. The quantitative estimate of drug-likeness (QED) is 0.286. The molecule has 0 aromatic heterocycles. The highest BCUT2D eigenvalue weighted by molar-refractivity contribution is 5.76. The zero-order chi connectivity index (χ0) is 9.68. The van der Waals surface area contributed by atoms with Crippen LogP contribution in [-0.4, -0.2) is 12.2 Å². The van der Waals surface area contributed by atoms with Crippen molar-refractivity contribution in [3.63, 3.8) is 0 Å². The van der Waals surface area contributed by atoms with Gasteiger partial charge in [-0.15, -0.1) is 5.10 Å². The molecule has 0 saturated heterocycles. The second-order valence-electron chi connectivity index (χ2n) is 3.32. The number of nitrogens with zero attached hydrogens (tertiary/aromatic N) is 2. The van der Waals surface area contributed by atoms with Gasteiger partial charge in [-0.25, -0.2) is 0 Å². The topological polar surface area (TPSA) is 76.8 Å². The van der Waals surface area contributed by atoms with Crippen LogP contribution >= 0.6 is 0 Å². The van der Waals surface area contributed by atoms with Crippen LogP contribution in [0.25, 0.3) is 0 Å². The van der Waals surface area contributed by atoms with Crippen molar-refractivity contribution in [2.45, 2.75) is 19.8 Å². The molecule has 0 aromatic carbocycles. The number of guanidine groups is 1. The van der Waals surface area contributed by atoms with E-state index in [2.05, 4.69) is 29.3 Å². The Labute approximate surface area is 78.4 Å². The predicted molar refractivity (Wildman–Crippen MR) is 55.3 cm³/mol. The molecule has 0 fully saturated rings. The van der Waals surface area contributed by atoms with Crippen LogP contribution in [0.5, 0.6) is 0 Å². The summed E-state index contributed by atoms with van der Waals surface area (Å²) in [6.45, 7) is 2.17. The fourth-order valence-electron chi connectivity index (χ4n) is 1.40. The number of allylic oxidation sites excluding steroid dienone is 2. The summed E-state index contributed by atoms with van der Waals surface area (Å²) >= 11 is 0. The van der Waals surface area contributed by atoms with Gasteiger partial charge in [0.2, 0.25) is 5.96 Å². The first-order valence-electron chi connectivity index (χ1n) is 4.49. The molecule has 0 radical (unpaired) electrons. The second kappa shape index (κ2) is 4.64. The van der Waals surface area contributed by atoms with Gasteiger partial charge in [-0.05, 0) is 18.8 Å². The van der Waals surface area contributed by atoms with Gasteiger partial charge in [0.15, 0.2) is 0 Å². The minimum Gasteiger partial charge on any atom is -0.369 e.